The van der Waals surface area contributed by atoms with Crippen LogP contribution in [0.2, 0.25) is 10.0 Å². The van der Waals surface area contributed by atoms with Crippen molar-refractivity contribution in [3.63, 3.8) is 0 Å². The van der Waals surface area contributed by atoms with E-state index in [-0.39, 0.29) is 23.0 Å². The number of halogens is 3. The molecule has 0 atom stereocenters. The van der Waals surface area contributed by atoms with E-state index in [1.807, 2.05) is 6.07 Å². The second-order valence-electron chi connectivity index (χ2n) is 6.19. The van der Waals surface area contributed by atoms with Gasteiger partial charge in [-0.15, -0.1) is 0 Å². The molecule has 1 N–H and O–H groups in total. The first kappa shape index (κ1) is 20.8. The minimum absolute atomic E-state index is 0.0226. The molecule has 0 aliphatic heterocycles. The molecule has 0 saturated carbocycles. The number of methoxy groups -OCH3 is 1. The lowest BCUT2D eigenvalue weighted by Crippen LogP contribution is -2.23. The van der Waals surface area contributed by atoms with E-state index in [2.05, 4.69) is 5.32 Å². The summed E-state index contributed by atoms with van der Waals surface area (Å²) in [4.78, 5) is 23.5. The van der Waals surface area contributed by atoms with Crippen LogP contribution < -0.4 is 10.1 Å². The Morgan fingerprint density at radius 1 is 1.07 bits per heavy atom. The molecule has 3 aromatic rings. The first-order valence-corrected chi connectivity index (χ1v) is 9.33. The minimum atomic E-state index is -0.579. The maximum absolute atomic E-state index is 13.6. The third-order valence-electron chi connectivity index (χ3n) is 4.35. The molecule has 0 fully saturated rings. The highest BCUT2D eigenvalue weighted by atomic mass is 35.5. The molecule has 0 saturated heterocycles. The summed E-state index contributed by atoms with van der Waals surface area (Å²) in [6.07, 6.45) is 0.472. The SMILES string of the molecule is COc1ccc(-c2ccc(F)c(C=O)c2)cc1CNC(=O)c1ccc(Cl)cc1Cl. The summed E-state index contributed by atoms with van der Waals surface area (Å²) in [5.41, 5.74) is 2.42. The van der Waals surface area contributed by atoms with Gasteiger partial charge in [0.25, 0.3) is 5.91 Å². The van der Waals surface area contributed by atoms with Crippen LogP contribution >= 0.6 is 23.2 Å². The molecule has 29 heavy (non-hydrogen) atoms. The third kappa shape index (κ3) is 4.75. The van der Waals surface area contributed by atoms with E-state index in [9.17, 15) is 14.0 Å². The summed E-state index contributed by atoms with van der Waals surface area (Å²) >= 11 is 11.9. The van der Waals surface area contributed by atoms with Gasteiger partial charge in [-0.05, 0) is 53.6 Å². The van der Waals surface area contributed by atoms with Crippen LogP contribution in [-0.2, 0) is 6.54 Å². The van der Waals surface area contributed by atoms with Gasteiger partial charge < -0.3 is 10.1 Å². The van der Waals surface area contributed by atoms with E-state index >= 15 is 0 Å². The zero-order valence-electron chi connectivity index (χ0n) is 15.3. The predicted octanol–water partition coefficient (Wildman–Crippen LogP) is 5.55. The molecule has 148 valence electrons. The van der Waals surface area contributed by atoms with Crippen LogP contribution in [0.5, 0.6) is 5.75 Å². The average Bonchev–Trinajstić information content (AvgIpc) is 2.72. The molecular formula is C22H16Cl2FNO3. The molecule has 3 rings (SSSR count). The first-order valence-electron chi connectivity index (χ1n) is 8.58. The van der Waals surface area contributed by atoms with Crippen LogP contribution in [0.15, 0.2) is 54.6 Å². The normalized spacial score (nSPS) is 10.5. The van der Waals surface area contributed by atoms with Crippen LogP contribution in [0.1, 0.15) is 26.3 Å². The van der Waals surface area contributed by atoms with Gasteiger partial charge >= 0.3 is 0 Å². The van der Waals surface area contributed by atoms with Crippen LogP contribution in [0.3, 0.4) is 0 Å². The number of hydrogen-bond donors (Lipinski definition) is 1. The van der Waals surface area contributed by atoms with Gasteiger partial charge in [-0.3, -0.25) is 9.59 Å². The quantitative estimate of drug-likeness (QED) is 0.520. The number of carbonyl (C=O) groups excluding carboxylic acids is 2. The number of ether oxygens (including phenoxy) is 1. The molecule has 0 unspecified atom stereocenters. The zero-order valence-corrected chi connectivity index (χ0v) is 16.9. The molecule has 0 aromatic heterocycles. The molecule has 0 spiro atoms. The molecule has 0 aliphatic carbocycles. The highest BCUT2D eigenvalue weighted by Crippen LogP contribution is 2.28. The van der Waals surface area contributed by atoms with Gasteiger partial charge in [-0.2, -0.15) is 0 Å². The third-order valence-corrected chi connectivity index (χ3v) is 4.90. The van der Waals surface area contributed by atoms with E-state index in [4.69, 9.17) is 27.9 Å². The van der Waals surface area contributed by atoms with Gasteiger partial charge in [0, 0.05) is 17.1 Å². The number of nitrogens with one attached hydrogen (secondary N) is 1. The van der Waals surface area contributed by atoms with Crippen LogP contribution in [0.25, 0.3) is 11.1 Å². The van der Waals surface area contributed by atoms with Crippen molar-refractivity contribution in [3.05, 3.63) is 87.2 Å². The summed E-state index contributed by atoms with van der Waals surface area (Å²) in [6, 6.07) is 14.3. The van der Waals surface area contributed by atoms with Gasteiger partial charge in [-0.25, -0.2) is 4.39 Å². The molecule has 0 bridgehead atoms. The number of amides is 1. The number of benzene rings is 3. The van der Waals surface area contributed by atoms with Crippen molar-refractivity contribution in [2.45, 2.75) is 6.54 Å². The van der Waals surface area contributed by atoms with Crippen molar-refractivity contribution in [2.24, 2.45) is 0 Å². The molecule has 0 aliphatic rings. The topological polar surface area (TPSA) is 55.4 Å². The van der Waals surface area contributed by atoms with Crippen molar-refractivity contribution in [1.82, 2.24) is 5.32 Å². The van der Waals surface area contributed by atoms with E-state index in [1.54, 1.807) is 30.3 Å². The van der Waals surface area contributed by atoms with Gasteiger partial charge in [0.05, 0.1) is 23.3 Å². The summed E-state index contributed by atoms with van der Waals surface area (Å²) in [7, 11) is 1.53. The molecule has 1 amide bonds. The lowest BCUT2D eigenvalue weighted by Gasteiger charge is -2.13. The highest BCUT2D eigenvalue weighted by molar-refractivity contribution is 6.36. The number of hydrogen-bond acceptors (Lipinski definition) is 3. The Bertz CT molecular complexity index is 1090. The Labute approximate surface area is 177 Å². The van der Waals surface area contributed by atoms with Crippen molar-refractivity contribution >= 4 is 35.4 Å². The Morgan fingerprint density at radius 3 is 2.48 bits per heavy atom. The number of rotatable bonds is 6. The lowest BCUT2D eigenvalue weighted by atomic mass is 10.0. The highest BCUT2D eigenvalue weighted by Gasteiger charge is 2.13. The van der Waals surface area contributed by atoms with Gasteiger partial charge in [0.1, 0.15) is 11.6 Å². The predicted molar refractivity (Wildman–Crippen MR) is 111 cm³/mol. The maximum Gasteiger partial charge on any atom is 0.253 e. The lowest BCUT2D eigenvalue weighted by molar-refractivity contribution is 0.0950. The van der Waals surface area contributed by atoms with E-state index in [0.717, 1.165) is 5.56 Å². The van der Waals surface area contributed by atoms with Crippen LogP contribution in [0, 0.1) is 5.82 Å². The minimum Gasteiger partial charge on any atom is -0.496 e. The van der Waals surface area contributed by atoms with E-state index < -0.39 is 5.82 Å². The van der Waals surface area contributed by atoms with E-state index in [1.165, 1.54) is 25.3 Å². The summed E-state index contributed by atoms with van der Waals surface area (Å²) in [5, 5.41) is 3.49. The van der Waals surface area contributed by atoms with Gasteiger partial charge in [0.15, 0.2) is 6.29 Å². The molecule has 3 aromatic carbocycles. The largest absolute Gasteiger partial charge is 0.496 e. The Morgan fingerprint density at radius 2 is 1.79 bits per heavy atom. The number of aldehydes is 1. The standard InChI is InChI=1S/C22H16Cl2FNO3/c1-29-21-7-3-14(13-2-6-20(25)16(9-13)12-27)8-15(21)11-26-22(28)18-5-4-17(23)10-19(18)24/h2-10,12H,11H2,1H3,(H,26,28). The maximum atomic E-state index is 13.6. The summed E-state index contributed by atoms with van der Waals surface area (Å²) < 4.78 is 19.0. The van der Waals surface area contributed by atoms with E-state index in [0.29, 0.717) is 33.7 Å². The Kier molecular flexibility index (Phi) is 6.52. The average molecular weight is 432 g/mol. The Balaban J connectivity index is 1.86. The van der Waals surface area contributed by atoms with Gasteiger partial charge in [-0.1, -0.05) is 35.3 Å². The molecule has 0 radical (unpaired) electrons. The van der Waals surface area contributed by atoms with Crippen LogP contribution in [0.4, 0.5) is 4.39 Å². The second-order valence-corrected chi connectivity index (χ2v) is 7.03. The van der Waals surface area contributed by atoms with Gasteiger partial charge in [0.2, 0.25) is 0 Å². The summed E-state index contributed by atoms with van der Waals surface area (Å²) in [6.45, 7) is 0.177. The first-order chi connectivity index (χ1) is 13.9. The summed E-state index contributed by atoms with van der Waals surface area (Å²) in [5.74, 6) is -0.359. The van der Waals surface area contributed by atoms with Crippen molar-refractivity contribution in [3.8, 4) is 16.9 Å². The van der Waals surface area contributed by atoms with Crippen molar-refractivity contribution in [1.29, 1.82) is 0 Å². The molecule has 7 heteroatoms. The fraction of sp³-hybridized carbons (Fsp3) is 0.0909. The Hall–Kier alpha value is -2.89. The molecule has 4 nitrogen and oxygen atoms in total. The second kappa shape index (κ2) is 9.07. The fourth-order valence-corrected chi connectivity index (χ4v) is 3.35. The van der Waals surface area contributed by atoms with Crippen molar-refractivity contribution in [2.75, 3.05) is 7.11 Å². The smallest absolute Gasteiger partial charge is 0.253 e. The fourth-order valence-electron chi connectivity index (χ4n) is 2.85. The monoisotopic (exact) mass is 431 g/mol. The zero-order chi connectivity index (χ0) is 21.0. The van der Waals surface area contributed by atoms with Crippen molar-refractivity contribution < 1.29 is 18.7 Å². The van der Waals surface area contributed by atoms with Crippen LogP contribution in [-0.4, -0.2) is 19.3 Å². The number of carbonyl (C=O) groups is 2. The molecular weight excluding hydrogens is 416 g/mol. The molecule has 0 heterocycles.